The van der Waals surface area contributed by atoms with E-state index in [1.165, 1.54) is 6.42 Å². The minimum absolute atomic E-state index is 0.0272. The summed E-state index contributed by atoms with van der Waals surface area (Å²) in [5.74, 6) is 2.48. The van der Waals surface area contributed by atoms with Crippen LogP contribution in [0.1, 0.15) is 76.1 Å². The molecule has 42 heavy (non-hydrogen) atoms. The lowest BCUT2D eigenvalue weighted by molar-refractivity contribution is 0.0512. The largest absolute Gasteiger partial charge is 0.444 e. The van der Waals surface area contributed by atoms with E-state index in [2.05, 4.69) is 20.9 Å². The van der Waals surface area contributed by atoms with Crippen molar-refractivity contribution >= 4 is 28.7 Å². The van der Waals surface area contributed by atoms with Gasteiger partial charge in [-0.15, -0.1) is 0 Å². The topological polar surface area (TPSA) is 105 Å². The molecular formula is C33H51N5O4. The molecule has 0 unspecified atom stereocenters. The number of alkyl carbamates (subject to hydrolysis) is 1. The third-order valence-electron chi connectivity index (χ3n) is 8.55. The number of hydrogen-bond acceptors (Lipinski definition) is 7. The summed E-state index contributed by atoms with van der Waals surface area (Å²) in [4.78, 5) is 32.8. The van der Waals surface area contributed by atoms with E-state index in [4.69, 9.17) is 14.5 Å². The van der Waals surface area contributed by atoms with Crippen LogP contribution in [0, 0.1) is 17.8 Å². The number of ether oxygens (including phenoxy) is 2. The second-order valence-electron chi connectivity index (χ2n) is 13.0. The zero-order chi connectivity index (χ0) is 30.0. The number of carbonyl (C=O) groups is 2. The molecule has 0 bridgehead atoms. The molecule has 1 saturated carbocycles. The summed E-state index contributed by atoms with van der Waals surface area (Å²) < 4.78 is 10.5. The summed E-state index contributed by atoms with van der Waals surface area (Å²) in [6.45, 7) is 11.5. The maximum Gasteiger partial charge on any atom is 0.407 e. The Balaban J connectivity index is 1.27. The molecule has 9 heteroatoms. The first kappa shape index (κ1) is 32.0. The first-order valence-corrected chi connectivity index (χ1v) is 15.8. The maximum atomic E-state index is 13.5. The Labute approximate surface area is 251 Å². The van der Waals surface area contributed by atoms with Crippen LogP contribution in [0.4, 0.5) is 10.6 Å². The second-order valence-corrected chi connectivity index (χ2v) is 13.0. The number of rotatable bonds is 12. The summed E-state index contributed by atoms with van der Waals surface area (Å²) in [6, 6.07) is 9.94. The highest BCUT2D eigenvalue weighted by Gasteiger charge is 2.25. The van der Waals surface area contributed by atoms with Crippen LogP contribution in [0.5, 0.6) is 0 Å². The third-order valence-corrected chi connectivity index (χ3v) is 8.55. The van der Waals surface area contributed by atoms with Gasteiger partial charge in [-0.2, -0.15) is 0 Å². The van der Waals surface area contributed by atoms with E-state index in [1.807, 2.05) is 51.1 Å². The third kappa shape index (κ3) is 9.83. The highest BCUT2D eigenvalue weighted by molar-refractivity contribution is 6.07. The molecule has 1 saturated heterocycles. The number of methoxy groups -OCH3 is 1. The minimum atomic E-state index is -0.486. The van der Waals surface area contributed by atoms with Gasteiger partial charge in [-0.25, -0.2) is 9.78 Å². The predicted octanol–water partition coefficient (Wildman–Crippen LogP) is 5.14. The van der Waals surface area contributed by atoms with E-state index in [0.29, 0.717) is 36.4 Å². The average Bonchev–Trinajstić information content (AvgIpc) is 2.98. The van der Waals surface area contributed by atoms with Crippen LogP contribution in [0.15, 0.2) is 30.3 Å². The number of para-hydroxylation sites is 1. The normalized spacial score (nSPS) is 20.0. The van der Waals surface area contributed by atoms with Crippen LogP contribution in [0.25, 0.3) is 10.9 Å². The van der Waals surface area contributed by atoms with E-state index >= 15 is 0 Å². The highest BCUT2D eigenvalue weighted by atomic mass is 16.6. The molecule has 9 nitrogen and oxygen atoms in total. The summed E-state index contributed by atoms with van der Waals surface area (Å²) in [5, 5.41) is 10.5. The van der Waals surface area contributed by atoms with Gasteiger partial charge in [-0.05, 0) is 102 Å². The van der Waals surface area contributed by atoms with E-state index < -0.39 is 5.60 Å². The molecule has 1 aromatic heterocycles. The molecule has 2 fully saturated rings. The van der Waals surface area contributed by atoms with Crippen molar-refractivity contribution < 1.29 is 19.1 Å². The Kier molecular flexibility index (Phi) is 11.8. The second kappa shape index (κ2) is 15.5. The minimum Gasteiger partial charge on any atom is -0.444 e. The smallest absolute Gasteiger partial charge is 0.407 e. The molecule has 1 aromatic carbocycles. The fourth-order valence-electron chi connectivity index (χ4n) is 6.08. The monoisotopic (exact) mass is 581 g/mol. The van der Waals surface area contributed by atoms with Crippen molar-refractivity contribution in [3.63, 3.8) is 0 Å². The van der Waals surface area contributed by atoms with Gasteiger partial charge in [-0.1, -0.05) is 18.2 Å². The molecule has 0 spiro atoms. The quantitative estimate of drug-likeness (QED) is 0.298. The lowest BCUT2D eigenvalue weighted by Crippen LogP contribution is -2.37. The highest BCUT2D eigenvalue weighted by Crippen LogP contribution is 2.30. The van der Waals surface area contributed by atoms with Crippen molar-refractivity contribution in [1.29, 1.82) is 0 Å². The summed E-state index contributed by atoms with van der Waals surface area (Å²) in [6.07, 6.45) is 7.26. The van der Waals surface area contributed by atoms with Crippen LogP contribution in [0.3, 0.4) is 0 Å². The molecule has 2 heterocycles. The van der Waals surface area contributed by atoms with Crippen molar-refractivity contribution in [1.82, 2.24) is 20.9 Å². The lowest BCUT2D eigenvalue weighted by atomic mass is 9.82. The van der Waals surface area contributed by atoms with Crippen LogP contribution in [0.2, 0.25) is 0 Å². The zero-order valence-electron chi connectivity index (χ0n) is 26.0. The van der Waals surface area contributed by atoms with E-state index in [0.717, 1.165) is 88.0 Å². The predicted molar refractivity (Wildman–Crippen MR) is 168 cm³/mol. The molecule has 3 N–H and O–H groups in total. The SMILES string of the molecule is COCCNCCC1CCN(c2cc(C(=O)NCC3CCC(CNC(=O)OC(C)(C)C)CC3)c3ccccc3n2)CC1. The standard InChI is InChI=1S/C33H51N5O4/c1-33(2,3)42-32(40)36-23-26-11-9-25(10-12-26)22-35-31(39)28-21-30(37-29-8-6-5-7-27(28)29)38-18-14-24(15-19-38)13-16-34-17-20-41-4/h5-8,21,24-26,34H,9-20,22-23H2,1-4H3,(H,35,39)(H,36,40). The van der Waals surface area contributed by atoms with Gasteiger partial charge in [0.25, 0.3) is 5.91 Å². The summed E-state index contributed by atoms with van der Waals surface area (Å²) in [5.41, 5.74) is 1.08. The molecule has 1 aliphatic carbocycles. The van der Waals surface area contributed by atoms with E-state index in [-0.39, 0.29) is 12.0 Å². The van der Waals surface area contributed by atoms with Gasteiger partial charge in [0.05, 0.1) is 17.7 Å². The molecule has 0 atom stereocenters. The number of anilines is 1. The molecule has 4 rings (SSSR count). The number of nitrogens with zero attached hydrogens (tertiary/aromatic N) is 2. The number of piperidine rings is 1. The lowest BCUT2D eigenvalue weighted by Gasteiger charge is -2.33. The van der Waals surface area contributed by atoms with Crippen molar-refractivity contribution in [2.75, 3.05) is 57.9 Å². The number of amides is 2. The van der Waals surface area contributed by atoms with Crippen LogP contribution in [-0.2, 0) is 9.47 Å². The average molecular weight is 582 g/mol. The first-order chi connectivity index (χ1) is 20.2. The van der Waals surface area contributed by atoms with Gasteiger partial charge in [0.15, 0.2) is 0 Å². The number of nitrogens with one attached hydrogen (secondary N) is 3. The Morgan fingerprint density at radius 3 is 2.26 bits per heavy atom. The molecule has 2 aromatic rings. The Morgan fingerprint density at radius 2 is 1.60 bits per heavy atom. The molecular weight excluding hydrogens is 530 g/mol. The number of benzene rings is 1. The summed E-state index contributed by atoms with van der Waals surface area (Å²) in [7, 11) is 1.73. The van der Waals surface area contributed by atoms with Gasteiger partial charge < -0.3 is 30.3 Å². The molecule has 0 radical (unpaired) electrons. The molecule has 1 aliphatic heterocycles. The molecule has 2 amide bonds. The van der Waals surface area contributed by atoms with Crippen LogP contribution >= 0.6 is 0 Å². The number of aromatic nitrogens is 1. The fraction of sp³-hybridized carbons (Fsp3) is 0.667. The van der Waals surface area contributed by atoms with Gasteiger partial charge in [-0.3, -0.25) is 4.79 Å². The maximum absolute atomic E-state index is 13.5. The number of pyridine rings is 1. The van der Waals surface area contributed by atoms with Gasteiger partial charge >= 0.3 is 6.09 Å². The van der Waals surface area contributed by atoms with Crippen LogP contribution in [-0.4, -0.2) is 75.6 Å². The molecule has 232 valence electrons. The van der Waals surface area contributed by atoms with Crippen LogP contribution < -0.4 is 20.9 Å². The van der Waals surface area contributed by atoms with Gasteiger partial charge in [0.1, 0.15) is 11.4 Å². The van der Waals surface area contributed by atoms with Crippen molar-refractivity contribution in [3.05, 3.63) is 35.9 Å². The zero-order valence-corrected chi connectivity index (χ0v) is 26.0. The van der Waals surface area contributed by atoms with Crippen molar-refractivity contribution in [2.24, 2.45) is 17.8 Å². The van der Waals surface area contributed by atoms with Crippen molar-refractivity contribution in [2.45, 2.75) is 71.3 Å². The first-order valence-electron chi connectivity index (χ1n) is 15.8. The number of carbonyl (C=O) groups excluding carboxylic acids is 2. The number of fused-ring (bicyclic) bond motifs is 1. The Bertz CT molecular complexity index is 1150. The van der Waals surface area contributed by atoms with Crippen molar-refractivity contribution in [3.8, 4) is 0 Å². The Hall–Kier alpha value is -2.91. The fourth-order valence-corrected chi connectivity index (χ4v) is 6.08. The number of hydrogen-bond donors (Lipinski definition) is 3. The summed E-state index contributed by atoms with van der Waals surface area (Å²) >= 11 is 0. The van der Waals surface area contributed by atoms with Gasteiger partial charge in [0.2, 0.25) is 0 Å². The van der Waals surface area contributed by atoms with E-state index in [1.54, 1.807) is 7.11 Å². The van der Waals surface area contributed by atoms with Gasteiger partial charge in [0, 0.05) is 45.2 Å². The Morgan fingerprint density at radius 1 is 0.929 bits per heavy atom. The van der Waals surface area contributed by atoms with E-state index in [9.17, 15) is 9.59 Å². The molecule has 2 aliphatic rings.